The first-order valence-electron chi connectivity index (χ1n) is 8.73. The lowest BCUT2D eigenvalue weighted by atomic mass is 9.99. The van der Waals surface area contributed by atoms with Gasteiger partial charge in [-0.15, -0.1) is 5.10 Å². The van der Waals surface area contributed by atoms with Crippen molar-refractivity contribution in [2.45, 2.75) is 32.2 Å². The third-order valence-corrected chi connectivity index (χ3v) is 5.14. The zero-order chi connectivity index (χ0) is 16.5. The number of fused-ring (bicyclic) bond motifs is 1. The maximum absolute atomic E-state index is 12.8. The first kappa shape index (κ1) is 15.3. The predicted octanol–water partition coefficient (Wildman–Crippen LogP) is 1.89. The van der Waals surface area contributed by atoms with Crippen LogP contribution in [-0.2, 0) is 0 Å². The molecule has 2 aliphatic rings. The molecule has 0 bridgehead atoms. The summed E-state index contributed by atoms with van der Waals surface area (Å²) in [7, 11) is 0. The van der Waals surface area contributed by atoms with E-state index < -0.39 is 0 Å². The van der Waals surface area contributed by atoms with Gasteiger partial charge in [0.1, 0.15) is 0 Å². The highest BCUT2D eigenvalue weighted by Crippen LogP contribution is 2.22. The second kappa shape index (κ2) is 6.36. The Morgan fingerprint density at radius 2 is 1.96 bits per heavy atom. The highest BCUT2D eigenvalue weighted by Gasteiger charge is 2.32. The lowest BCUT2D eigenvalue weighted by Gasteiger charge is -2.43. The molecule has 2 aliphatic heterocycles. The molecule has 2 fully saturated rings. The summed E-state index contributed by atoms with van der Waals surface area (Å²) in [5.41, 5.74) is 2.55. The second-order valence-electron chi connectivity index (χ2n) is 6.82. The molecule has 1 atom stereocenters. The molecule has 0 saturated carbocycles. The van der Waals surface area contributed by atoms with E-state index in [9.17, 15) is 4.79 Å². The molecule has 1 aromatic carbocycles. The van der Waals surface area contributed by atoms with Crippen molar-refractivity contribution >= 4 is 5.91 Å². The van der Waals surface area contributed by atoms with E-state index in [2.05, 4.69) is 15.2 Å². The molecule has 0 N–H and O–H groups in total. The number of benzene rings is 1. The molecular formula is C18H23N5O. The Kier molecular flexibility index (Phi) is 4.06. The van der Waals surface area contributed by atoms with Gasteiger partial charge in [-0.25, -0.2) is 4.68 Å². The van der Waals surface area contributed by atoms with Gasteiger partial charge in [0, 0.05) is 25.7 Å². The normalized spacial score (nSPS) is 21.5. The molecule has 6 heteroatoms. The fourth-order valence-corrected chi connectivity index (χ4v) is 3.69. The van der Waals surface area contributed by atoms with Crippen molar-refractivity contribution in [3.63, 3.8) is 0 Å². The van der Waals surface area contributed by atoms with Crippen LogP contribution >= 0.6 is 0 Å². The van der Waals surface area contributed by atoms with Gasteiger partial charge in [0.2, 0.25) is 0 Å². The maximum atomic E-state index is 12.8. The molecule has 24 heavy (non-hydrogen) atoms. The summed E-state index contributed by atoms with van der Waals surface area (Å²) in [5, 5.41) is 8.22. The highest BCUT2D eigenvalue weighted by molar-refractivity contribution is 5.92. The quantitative estimate of drug-likeness (QED) is 0.846. The Hall–Kier alpha value is -2.21. The molecule has 4 rings (SSSR count). The van der Waals surface area contributed by atoms with Crippen molar-refractivity contribution in [3.05, 3.63) is 41.7 Å². The van der Waals surface area contributed by atoms with Crippen LogP contribution in [0.15, 0.2) is 30.5 Å². The molecule has 1 aromatic heterocycles. The summed E-state index contributed by atoms with van der Waals surface area (Å²) in [6, 6.07) is 8.54. The molecule has 6 nitrogen and oxygen atoms in total. The van der Waals surface area contributed by atoms with Gasteiger partial charge in [-0.3, -0.25) is 9.69 Å². The molecule has 3 heterocycles. The van der Waals surface area contributed by atoms with Crippen molar-refractivity contribution in [3.8, 4) is 5.69 Å². The van der Waals surface area contributed by atoms with E-state index in [1.807, 2.05) is 36.1 Å². The third kappa shape index (κ3) is 2.94. The first-order chi connectivity index (χ1) is 11.7. The van der Waals surface area contributed by atoms with Crippen molar-refractivity contribution in [2.24, 2.45) is 0 Å². The van der Waals surface area contributed by atoms with E-state index in [0.717, 1.165) is 25.3 Å². The summed E-state index contributed by atoms with van der Waals surface area (Å²) in [4.78, 5) is 17.2. The predicted molar refractivity (Wildman–Crippen MR) is 91.2 cm³/mol. The maximum Gasteiger partial charge on any atom is 0.276 e. The van der Waals surface area contributed by atoms with Gasteiger partial charge in [-0.2, -0.15) is 0 Å². The number of rotatable bonds is 2. The topological polar surface area (TPSA) is 54.3 Å². The number of hydrogen-bond donors (Lipinski definition) is 0. The minimum Gasteiger partial charge on any atom is -0.334 e. The van der Waals surface area contributed by atoms with E-state index in [4.69, 9.17) is 0 Å². The fourth-order valence-electron chi connectivity index (χ4n) is 3.69. The van der Waals surface area contributed by atoms with Crippen LogP contribution in [-0.4, -0.2) is 62.9 Å². The summed E-state index contributed by atoms with van der Waals surface area (Å²) in [6.45, 7) is 5.80. The minimum atomic E-state index is -0.00131. The Morgan fingerprint density at radius 1 is 1.12 bits per heavy atom. The number of nitrogens with zero attached hydrogens (tertiary/aromatic N) is 5. The Bertz CT molecular complexity index is 723. The average molecular weight is 325 g/mol. The van der Waals surface area contributed by atoms with E-state index in [1.165, 1.54) is 31.4 Å². The molecule has 0 spiro atoms. The zero-order valence-corrected chi connectivity index (χ0v) is 14.1. The SMILES string of the molecule is Cc1ccc(-n2cc(C(=O)N3CCN4CCCC[C@H]4C3)nn2)cc1. The number of piperazine rings is 1. The number of aromatic nitrogens is 3. The van der Waals surface area contributed by atoms with E-state index in [-0.39, 0.29) is 5.91 Å². The van der Waals surface area contributed by atoms with Gasteiger partial charge in [0.05, 0.1) is 11.9 Å². The molecular weight excluding hydrogens is 302 g/mol. The molecule has 1 amide bonds. The van der Waals surface area contributed by atoms with Gasteiger partial charge in [-0.05, 0) is 38.4 Å². The lowest BCUT2D eigenvalue weighted by molar-refractivity contribution is 0.0368. The van der Waals surface area contributed by atoms with Gasteiger partial charge in [0.15, 0.2) is 5.69 Å². The van der Waals surface area contributed by atoms with Crippen molar-refractivity contribution < 1.29 is 4.79 Å². The number of amides is 1. The van der Waals surface area contributed by atoms with Crippen LogP contribution in [0.5, 0.6) is 0 Å². The molecule has 2 aromatic rings. The Labute approximate surface area is 142 Å². The number of hydrogen-bond acceptors (Lipinski definition) is 4. The van der Waals surface area contributed by atoms with Gasteiger partial charge in [-0.1, -0.05) is 29.3 Å². The molecule has 0 radical (unpaired) electrons. The van der Waals surface area contributed by atoms with E-state index in [1.54, 1.807) is 10.9 Å². The Morgan fingerprint density at radius 3 is 2.79 bits per heavy atom. The summed E-state index contributed by atoms with van der Waals surface area (Å²) < 4.78 is 1.67. The number of carbonyl (C=O) groups excluding carboxylic acids is 1. The van der Waals surface area contributed by atoms with E-state index >= 15 is 0 Å². The van der Waals surface area contributed by atoms with Gasteiger partial charge >= 0.3 is 0 Å². The van der Waals surface area contributed by atoms with Gasteiger partial charge in [0.25, 0.3) is 5.91 Å². The fraction of sp³-hybridized carbons (Fsp3) is 0.500. The number of aryl methyl sites for hydroxylation is 1. The Balaban J connectivity index is 1.48. The monoisotopic (exact) mass is 325 g/mol. The van der Waals surface area contributed by atoms with Crippen molar-refractivity contribution in [2.75, 3.05) is 26.2 Å². The molecule has 0 aliphatic carbocycles. The standard InChI is InChI=1S/C18H23N5O/c1-14-5-7-15(8-6-14)23-13-17(19-20-23)18(24)22-11-10-21-9-3-2-4-16(21)12-22/h5-8,13,16H,2-4,9-12H2,1H3/t16-/m0/s1. The zero-order valence-electron chi connectivity index (χ0n) is 14.1. The van der Waals surface area contributed by atoms with Crippen molar-refractivity contribution in [1.82, 2.24) is 24.8 Å². The smallest absolute Gasteiger partial charge is 0.276 e. The third-order valence-electron chi connectivity index (χ3n) is 5.14. The minimum absolute atomic E-state index is 0.00131. The van der Waals surface area contributed by atoms with E-state index in [0.29, 0.717) is 11.7 Å². The second-order valence-corrected chi connectivity index (χ2v) is 6.82. The van der Waals surface area contributed by atoms with Crippen LogP contribution in [0.3, 0.4) is 0 Å². The number of piperidine rings is 1. The number of carbonyl (C=O) groups is 1. The summed E-state index contributed by atoms with van der Waals surface area (Å²) in [6.07, 6.45) is 5.49. The average Bonchev–Trinajstić information content (AvgIpc) is 3.11. The van der Waals surface area contributed by atoms with Crippen LogP contribution in [0.4, 0.5) is 0 Å². The van der Waals surface area contributed by atoms with Crippen LogP contribution < -0.4 is 0 Å². The molecule has 126 valence electrons. The van der Waals surface area contributed by atoms with Gasteiger partial charge < -0.3 is 4.90 Å². The lowest BCUT2D eigenvalue weighted by Crippen LogP contribution is -2.56. The summed E-state index contributed by atoms with van der Waals surface area (Å²) >= 11 is 0. The largest absolute Gasteiger partial charge is 0.334 e. The highest BCUT2D eigenvalue weighted by atomic mass is 16.2. The van der Waals surface area contributed by atoms with Crippen LogP contribution in [0.1, 0.15) is 35.3 Å². The molecule has 0 unspecified atom stereocenters. The van der Waals surface area contributed by atoms with Crippen molar-refractivity contribution in [1.29, 1.82) is 0 Å². The van der Waals surface area contributed by atoms with Crippen LogP contribution in [0.25, 0.3) is 5.69 Å². The first-order valence-corrected chi connectivity index (χ1v) is 8.73. The van der Waals surface area contributed by atoms with Crippen LogP contribution in [0.2, 0.25) is 0 Å². The molecule has 2 saturated heterocycles. The van der Waals surface area contributed by atoms with Crippen LogP contribution in [0, 0.1) is 6.92 Å². The summed E-state index contributed by atoms with van der Waals surface area (Å²) in [5.74, 6) is -0.00131.